The van der Waals surface area contributed by atoms with E-state index in [0.717, 1.165) is 18.2 Å². The summed E-state index contributed by atoms with van der Waals surface area (Å²) in [6.45, 7) is 0.156. The van der Waals surface area contributed by atoms with Crippen LogP contribution >= 0.6 is 19.6 Å². The molecule has 1 saturated heterocycles. The normalized spacial score (nSPS) is 18.0. The Morgan fingerprint density at radius 1 is 1.16 bits per heavy atom. The van der Waals surface area contributed by atoms with Crippen LogP contribution in [0.25, 0.3) is 6.08 Å². The van der Waals surface area contributed by atoms with Crippen LogP contribution in [0.2, 0.25) is 0 Å². The van der Waals surface area contributed by atoms with Crippen molar-refractivity contribution < 1.29 is 115 Å². The van der Waals surface area contributed by atoms with Crippen molar-refractivity contribution in [2.45, 2.75) is 35.9 Å². The monoisotopic (exact) mass is 754 g/mol. The second-order valence-corrected chi connectivity index (χ2v) is 12.9. The van der Waals surface area contributed by atoms with Gasteiger partial charge in [0.15, 0.2) is 11.9 Å². The number of rotatable bonds is 14. The Balaban J connectivity index is 0.00000433. The van der Waals surface area contributed by atoms with Crippen LogP contribution in [0.5, 0.6) is 0 Å². The van der Waals surface area contributed by atoms with Crippen molar-refractivity contribution in [3.8, 4) is 6.07 Å². The summed E-state index contributed by atoms with van der Waals surface area (Å²) < 4.78 is 81.8. The van der Waals surface area contributed by atoms with E-state index < -0.39 is 61.8 Å². The van der Waals surface area contributed by atoms with Crippen molar-refractivity contribution in [2.75, 3.05) is 26.4 Å². The smallest absolute Gasteiger partial charge is 0.790 e. The predicted molar refractivity (Wildman–Crippen MR) is 160 cm³/mol. The van der Waals surface area contributed by atoms with Gasteiger partial charge in [-0.2, -0.15) is 10.4 Å². The summed E-state index contributed by atoms with van der Waals surface area (Å²) in [5, 5.41) is 11.7. The second-order valence-electron chi connectivity index (χ2n) is 10.1. The molecule has 1 aliphatic rings. The van der Waals surface area contributed by atoms with Crippen LogP contribution in [0.1, 0.15) is 23.6 Å². The Bertz CT molecular complexity index is 1710. The maximum Gasteiger partial charge on any atom is 1.00 e. The van der Waals surface area contributed by atoms with Crippen molar-refractivity contribution in [3.63, 3.8) is 0 Å². The Morgan fingerprint density at radius 2 is 1.90 bits per heavy atom. The molecule has 20 heteroatoms. The average molecular weight is 755 g/mol. The standard InChI is InChI=1S/C30H30F3N4O9PS.2Na/c1-20(48-24-15-43-28(44-16-24)5-3-2-4-22-7-6-21(14-34)12-26(22)32)30(17-37-19-35-18-36-37,25-9-8-23(31)13-27(25)33)46-29(38)42-10-11-45-47(39,40)41;;/h2-9,12-13,18-20,24,28H,10-11,15-17H2,1H3,(H2,39,40,41);;/q;2*+1/p-2/b4-2+,5-3+;;/t20-,24-,28-,30-;;/m1../s1. The molecule has 0 spiro atoms. The second kappa shape index (κ2) is 20.9. The van der Waals surface area contributed by atoms with Crippen LogP contribution in [0.4, 0.5) is 18.0 Å². The molecule has 0 saturated carbocycles. The molecule has 0 bridgehead atoms. The zero-order valence-electron chi connectivity index (χ0n) is 27.1. The number of ether oxygens (including phenoxy) is 4. The Morgan fingerprint density at radius 3 is 2.52 bits per heavy atom. The van der Waals surface area contributed by atoms with Crippen molar-refractivity contribution in [2.24, 2.45) is 0 Å². The van der Waals surface area contributed by atoms with Crippen molar-refractivity contribution >= 4 is 31.8 Å². The minimum absolute atomic E-state index is 0. The molecule has 3 aromatic rings. The average Bonchev–Trinajstić information content (AvgIpc) is 3.55. The number of nitrogens with zero attached hydrogens (tertiary/aromatic N) is 4. The fourth-order valence-corrected chi connectivity index (χ4v) is 6.24. The van der Waals surface area contributed by atoms with E-state index in [1.54, 1.807) is 25.2 Å². The largest absolute Gasteiger partial charge is 1.00 e. The number of phosphoric acid groups is 1. The molecule has 1 fully saturated rings. The van der Waals surface area contributed by atoms with Crippen LogP contribution < -0.4 is 68.9 Å². The van der Waals surface area contributed by atoms with E-state index >= 15 is 4.39 Å². The molecule has 0 N–H and O–H groups in total. The summed E-state index contributed by atoms with van der Waals surface area (Å²) in [5.41, 5.74) is -1.64. The van der Waals surface area contributed by atoms with E-state index in [9.17, 15) is 27.9 Å². The Labute approximate surface area is 334 Å². The first-order valence-electron chi connectivity index (χ1n) is 14.1. The number of carbonyl (C=O) groups is 1. The van der Waals surface area contributed by atoms with E-state index in [-0.39, 0.29) is 101 Å². The first kappa shape index (κ1) is 44.2. The minimum atomic E-state index is -5.32. The van der Waals surface area contributed by atoms with Gasteiger partial charge in [-0.3, -0.25) is 0 Å². The molecule has 2 heterocycles. The summed E-state index contributed by atoms with van der Waals surface area (Å²) in [6.07, 6.45) is 6.70. The van der Waals surface area contributed by atoms with Gasteiger partial charge in [0.2, 0.25) is 0 Å². The van der Waals surface area contributed by atoms with Crippen LogP contribution in [0.15, 0.2) is 67.3 Å². The Kier molecular flexibility index (Phi) is 18.4. The third-order valence-electron chi connectivity index (χ3n) is 6.80. The van der Waals surface area contributed by atoms with Gasteiger partial charge in [0.05, 0.1) is 51.1 Å². The van der Waals surface area contributed by atoms with Gasteiger partial charge in [-0.1, -0.05) is 24.3 Å². The number of hydrogen-bond donors (Lipinski definition) is 0. The summed E-state index contributed by atoms with van der Waals surface area (Å²) in [7, 11) is -5.32. The minimum Gasteiger partial charge on any atom is -0.790 e. The number of benzene rings is 2. The Hall–Kier alpha value is -2.01. The van der Waals surface area contributed by atoms with E-state index in [0.29, 0.717) is 6.07 Å². The summed E-state index contributed by atoms with van der Waals surface area (Å²) in [5.74, 6) is -2.46. The number of thioether (sulfide) groups is 1. The summed E-state index contributed by atoms with van der Waals surface area (Å²) in [6, 6.07) is 8.71. The van der Waals surface area contributed by atoms with Gasteiger partial charge in [-0.15, -0.1) is 11.8 Å². The van der Waals surface area contributed by atoms with E-state index in [1.807, 2.05) is 6.07 Å². The van der Waals surface area contributed by atoms with E-state index in [1.165, 1.54) is 47.3 Å². The zero-order chi connectivity index (χ0) is 34.7. The molecule has 256 valence electrons. The fourth-order valence-electron chi connectivity index (χ4n) is 4.58. The molecular formula is C30H28F3N4Na2O9PS. The molecule has 50 heavy (non-hydrogen) atoms. The van der Waals surface area contributed by atoms with Gasteiger partial charge in [-0.05, 0) is 37.3 Å². The third-order valence-corrected chi connectivity index (χ3v) is 8.74. The number of carbonyl (C=O) groups excluding carboxylic acids is 1. The van der Waals surface area contributed by atoms with Gasteiger partial charge in [0, 0.05) is 22.4 Å². The topological polar surface area (TPSA) is 181 Å². The van der Waals surface area contributed by atoms with Gasteiger partial charge in [-0.25, -0.2) is 27.6 Å². The zero-order valence-corrected chi connectivity index (χ0v) is 32.9. The first-order chi connectivity index (χ1) is 22.9. The van der Waals surface area contributed by atoms with Crippen LogP contribution in [0.3, 0.4) is 0 Å². The summed E-state index contributed by atoms with van der Waals surface area (Å²) in [4.78, 5) is 38.2. The molecule has 1 aliphatic heterocycles. The van der Waals surface area contributed by atoms with Crippen LogP contribution in [0, 0.1) is 28.8 Å². The van der Waals surface area contributed by atoms with Gasteiger partial charge < -0.3 is 37.8 Å². The molecule has 0 radical (unpaired) electrons. The maximum atomic E-state index is 15.4. The number of aromatic nitrogens is 3. The number of halogens is 3. The number of nitriles is 1. The summed E-state index contributed by atoms with van der Waals surface area (Å²) >= 11 is 1.21. The quantitative estimate of drug-likeness (QED) is 0.0560. The van der Waals surface area contributed by atoms with Crippen LogP contribution in [-0.4, -0.2) is 64.1 Å². The van der Waals surface area contributed by atoms with Crippen molar-refractivity contribution in [1.29, 1.82) is 5.26 Å². The first-order valence-corrected chi connectivity index (χ1v) is 16.5. The van der Waals surface area contributed by atoms with Gasteiger partial charge in [0.1, 0.15) is 36.7 Å². The molecule has 0 unspecified atom stereocenters. The number of allylic oxidation sites excluding steroid dienone is 2. The predicted octanol–water partition coefficient (Wildman–Crippen LogP) is -2.40. The fraction of sp³-hybridized carbons (Fsp3) is 0.333. The van der Waals surface area contributed by atoms with Crippen LogP contribution in [-0.2, 0) is 40.2 Å². The SMILES string of the molecule is C[C@@H](S[C@H]1CO[C@H](/C=C/C=C/c2ccc(C#N)cc2F)OC1)[C@@](Cn1cncn1)(OC(=O)OCCOP(=O)([O-])[O-])c1ccc(F)cc1F.[Na+].[Na+]. The molecule has 1 aromatic heterocycles. The molecule has 2 atom stereocenters. The van der Waals surface area contributed by atoms with E-state index in [4.69, 9.17) is 24.2 Å². The number of hydrogen-bond acceptors (Lipinski definition) is 13. The molecule has 2 aromatic carbocycles. The number of phosphoric ester groups is 1. The maximum absolute atomic E-state index is 15.4. The van der Waals surface area contributed by atoms with Crippen molar-refractivity contribution in [3.05, 3.63) is 101 Å². The van der Waals surface area contributed by atoms with Gasteiger partial charge in [0.25, 0.3) is 0 Å². The molecule has 0 amide bonds. The molecular weight excluding hydrogens is 726 g/mol. The van der Waals surface area contributed by atoms with Gasteiger partial charge >= 0.3 is 65.3 Å². The molecule has 4 rings (SSSR count). The third kappa shape index (κ3) is 13.2. The molecule has 0 aliphatic carbocycles. The van der Waals surface area contributed by atoms with Crippen molar-refractivity contribution in [1.82, 2.24) is 14.8 Å². The molecule has 13 nitrogen and oxygen atoms in total. The van der Waals surface area contributed by atoms with E-state index in [2.05, 4.69) is 14.6 Å².